The van der Waals surface area contributed by atoms with E-state index in [-0.39, 0.29) is 12.1 Å². The molecular formula is C18H16N6O3. The molecule has 3 heterocycles. The third kappa shape index (κ3) is 4.21. The van der Waals surface area contributed by atoms with E-state index < -0.39 is 23.6 Å². The highest BCUT2D eigenvalue weighted by Gasteiger charge is 2.27. The van der Waals surface area contributed by atoms with Gasteiger partial charge in [-0.05, 0) is 23.8 Å². The first-order valence-corrected chi connectivity index (χ1v) is 8.02. The lowest BCUT2D eigenvalue weighted by Crippen LogP contribution is -2.47. The van der Waals surface area contributed by atoms with Crippen LogP contribution >= 0.6 is 0 Å². The van der Waals surface area contributed by atoms with Crippen LogP contribution in [0.1, 0.15) is 16.1 Å². The Morgan fingerprint density at radius 2 is 1.78 bits per heavy atom. The Labute approximate surface area is 154 Å². The Kier molecular flexibility index (Phi) is 5.31. The second-order valence-electron chi connectivity index (χ2n) is 5.68. The molecule has 3 aromatic rings. The highest BCUT2D eigenvalue weighted by molar-refractivity contribution is 6.38. The Morgan fingerprint density at radius 3 is 2.41 bits per heavy atom. The lowest BCUT2D eigenvalue weighted by atomic mass is 10.0. The van der Waals surface area contributed by atoms with E-state index in [1.54, 1.807) is 49.1 Å². The number of carbonyl (C=O) groups excluding carboxylic acids is 3. The van der Waals surface area contributed by atoms with E-state index in [1.807, 2.05) is 0 Å². The molecule has 0 fully saturated rings. The molecule has 3 aromatic heterocycles. The largest absolute Gasteiger partial charge is 0.363 e. The fourth-order valence-corrected chi connectivity index (χ4v) is 2.53. The molecular weight excluding hydrogens is 348 g/mol. The second-order valence-corrected chi connectivity index (χ2v) is 5.68. The number of carbonyl (C=O) groups is 3. The predicted molar refractivity (Wildman–Crippen MR) is 94.8 cm³/mol. The maximum absolute atomic E-state index is 12.7. The lowest BCUT2D eigenvalue weighted by molar-refractivity contribution is -0.137. The molecule has 136 valence electrons. The number of pyridine rings is 2. The Hall–Kier alpha value is -3.88. The zero-order valence-corrected chi connectivity index (χ0v) is 14.1. The van der Waals surface area contributed by atoms with Crippen LogP contribution in [0.25, 0.3) is 5.69 Å². The molecule has 0 bridgehead atoms. The number of hydrogen-bond acceptors (Lipinski definition) is 6. The molecule has 1 atom stereocenters. The van der Waals surface area contributed by atoms with Crippen LogP contribution in [0.2, 0.25) is 0 Å². The normalized spacial score (nSPS) is 11.6. The molecule has 0 saturated heterocycles. The van der Waals surface area contributed by atoms with E-state index in [2.05, 4.69) is 20.3 Å². The van der Waals surface area contributed by atoms with Crippen LogP contribution in [0, 0.1) is 0 Å². The van der Waals surface area contributed by atoms with Crippen molar-refractivity contribution in [1.82, 2.24) is 24.8 Å². The van der Waals surface area contributed by atoms with Crippen molar-refractivity contribution in [2.24, 2.45) is 5.73 Å². The summed E-state index contributed by atoms with van der Waals surface area (Å²) >= 11 is 0. The van der Waals surface area contributed by atoms with Crippen molar-refractivity contribution in [1.29, 1.82) is 0 Å². The van der Waals surface area contributed by atoms with Crippen LogP contribution in [-0.2, 0) is 16.0 Å². The molecule has 2 amide bonds. The molecule has 9 nitrogen and oxygen atoms in total. The molecule has 9 heteroatoms. The van der Waals surface area contributed by atoms with Crippen LogP contribution in [0.15, 0.2) is 61.6 Å². The van der Waals surface area contributed by atoms with E-state index in [0.29, 0.717) is 11.3 Å². The van der Waals surface area contributed by atoms with Gasteiger partial charge in [0.25, 0.3) is 11.8 Å². The standard InChI is InChI=1S/C18H16N6O3/c19-17(26)16(25)14(7-12-3-1-5-20-8-12)23-18(27)15-10-22-11-24(15)13-4-2-6-21-9-13/h1-6,8-11,14H,7H2,(H2,19,26)(H,23,27). The van der Waals surface area contributed by atoms with Gasteiger partial charge in [0.2, 0.25) is 5.78 Å². The number of Topliss-reactive ketones (excluding diaryl/α,β-unsaturated/α-hetero) is 1. The minimum atomic E-state index is -1.12. The maximum atomic E-state index is 12.7. The summed E-state index contributed by atoms with van der Waals surface area (Å²) in [5.74, 6) is -2.58. The van der Waals surface area contributed by atoms with Crippen molar-refractivity contribution >= 4 is 17.6 Å². The zero-order valence-electron chi connectivity index (χ0n) is 14.1. The van der Waals surface area contributed by atoms with Crippen molar-refractivity contribution in [2.75, 3.05) is 0 Å². The SMILES string of the molecule is NC(=O)C(=O)C(Cc1cccnc1)NC(=O)c1cncn1-c1cccnc1. The summed E-state index contributed by atoms with van der Waals surface area (Å²) in [4.78, 5) is 48.2. The molecule has 0 aliphatic heterocycles. The van der Waals surface area contributed by atoms with Crippen molar-refractivity contribution in [3.63, 3.8) is 0 Å². The number of nitrogens with two attached hydrogens (primary N) is 1. The van der Waals surface area contributed by atoms with Crippen LogP contribution < -0.4 is 11.1 Å². The van der Waals surface area contributed by atoms with Crippen molar-refractivity contribution in [2.45, 2.75) is 12.5 Å². The average molecular weight is 364 g/mol. The van der Waals surface area contributed by atoms with Gasteiger partial charge < -0.3 is 11.1 Å². The molecule has 0 aliphatic rings. The van der Waals surface area contributed by atoms with E-state index in [4.69, 9.17) is 5.73 Å². The fraction of sp³-hybridized carbons (Fsp3) is 0.111. The number of primary amides is 1. The van der Waals surface area contributed by atoms with Gasteiger partial charge in [0.15, 0.2) is 0 Å². The van der Waals surface area contributed by atoms with Gasteiger partial charge in [0.1, 0.15) is 11.7 Å². The summed E-state index contributed by atoms with van der Waals surface area (Å²) in [6.45, 7) is 0. The minimum Gasteiger partial charge on any atom is -0.363 e. The quantitative estimate of drug-likeness (QED) is 0.570. The highest BCUT2D eigenvalue weighted by Crippen LogP contribution is 2.11. The number of hydrogen-bond donors (Lipinski definition) is 2. The smallest absolute Gasteiger partial charge is 0.287 e. The average Bonchev–Trinajstić information content (AvgIpc) is 3.18. The number of nitrogens with one attached hydrogen (secondary N) is 1. The summed E-state index contributed by atoms with van der Waals surface area (Å²) < 4.78 is 1.53. The topological polar surface area (TPSA) is 133 Å². The summed E-state index contributed by atoms with van der Waals surface area (Å²) in [5.41, 5.74) is 6.62. The molecule has 0 aromatic carbocycles. The molecule has 1 unspecified atom stereocenters. The number of amides is 2. The van der Waals surface area contributed by atoms with E-state index in [1.165, 1.54) is 17.1 Å². The monoisotopic (exact) mass is 364 g/mol. The van der Waals surface area contributed by atoms with E-state index >= 15 is 0 Å². The zero-order chi connectivity index (χ0) is 19.2. The van der Waals surface area contributed by atoms with Gasteiger partial charge in [-0.1, -0.05) is 6.07 Å². The van der Waals surface area contributed by atoms with Gasteiger partial charge in [-0.2, -0.15) is 0 Å². The molecule has 27 heavy (non-hydrogen) atoms. The fourth-order valence-electron chi connectivity index (χ4n) is 2.53. The van der Waals surface area contributed by atoms with Gasteiger partial charge in [0, 0.05) is 25.0 Å². The van der Waals surface area contributed by atoms with Crippen LogP contribution in [0.5, 0.6) is 0 Å². The summed E-state index contributed by atoms with van der Waals surface area (Å²) in [5, 5.41) is 2.56. The van der Waals surface area contributed by atoms with Crippen LogP contribution in [-0.4, -0.2) is 43.2 Å². The van der Waals surface area contributed by atoms with Gasteiger partial charge >= 0.3 is 0 Å². The third-order valence-electron chi connectivity index (χ3n) is 3.82. The van der Waals surface area contributed by atoms with Crippen LogP contribution in [0.3, 0.4) is 0 Å². The Morgan fingerprint density at radius 1 is 1.04 bits per heavy atom. The number of nitrogens with zero attached hydrogens (tertiary/aromatic N) is 4. The summed E-state index contributed by atoms with van der Waals surface area (Å²) in [7, 11) is 0. The molecule has 3 rings (SSSR count). The molecule has 0 radical (unpaired) electrons. The molecule has 0 saturated carbocycles. The number of imidazole rings is 1. The van der Waals surface area contributed by atoms with E-state index in [0.717, 1.165) is 0 Å². The molecule has 0 spiro atoms. The van der Waals surface area contributed by atoms with Gasteiger partial charge in [-0.15, -0.1) is 0 Å². The van der Waals surface area contributed by atoms with Crippen molar-refractivity contribution < 1.29 is 14.4 Å². The summed E-state index contributed by atoms with van der Waals surface area (Å²) in [6.07, 6.45) is 9.21. The maximum Gasteiger partial charge on any atom is 0.287 e. The number of ketones is 1. The van der Waals surface area contributed by atoms with Crippen molar-refractivity contribution in [3.8, 4) is 5.69 Å². The van der Waals surface area contributed by atoms with Gasteiger partial charge in [-0.25, -0.2) is 4.98 Å². The Bertz CT molecular complexity index is 955. The first-order chi connectivity index (χ1) is 13.1. The Balaban J connectivity index is 1.84. The number of rotatable bonds is 7. The molecule has 3 N–H and O–H groups in total. The lowest BCUT2D eigenvalue weighted by Gasteiger charge is -2.16. The highest BCUT2D eigenvalue weighted by atomic mass is 16.2. The number of aromatic nitrogens is 4. The summed E-state index contributed by atoms with van der Waals surface area (Å²) in [6, 6.07) is 5.80. The van der Waals surface area contributed by atoms with Gasteiger partial charge in [0.05, 0.1) is 24.4 Å². The first-order valence-electron chi connectivity index (χ1n) is 8.02. The molecule has 0 aliphatic carbocycles. The van der Waals surface area contributed by atoms with Gasteiger partial charge in [-0.3, -0.25) is 28.9 Å². The third-order valence-corrected chi connectivity index (χ3v) is 3.82. The van der Waals surface area contributed by atoms with E-state index in [9.17, 15) is 14.4 Å². The predicted octanol–water partition coefficient (Wildman–Crippen LogP) is 0.0578. The second kappa shape index (κ2) is 8.00. The van der Waals surface area contributed by atoms with Crippen LogP contribution in [0.4, 0.5) is 0 Å². The van der Waals surface area contributed by atoms with Crippen molar-refractivity contribution in [3.05, 3.63) is 72.8 Å². The minimum absolute atomic E-state index is 0.0857. The first kappa shape index (κ1) is 17.9.